The molecule has 0 saturated heterocycles. The zero-order valence-corrected chi connectivity index (χ0v) is 14.6. The van der Waals surface area contributed by atoms with Gasteiger partial charge in [-0.3, -0.25) is 4.79 Å². The Labute approximate surface area is 147 Å². The van der Waals surface area contributed by atoms with Gasteiger partial charge in [0.2, 0.25) is 0 Å². The molecule has 0 bridgehead atoms. The molecule has 0 atom stereocenters. The highest BCUT2D eigenvalue weighted by Gasteiger charge is 2.29. The number of carboxylic acids is 1. The molecule has 0 aliphatic carbocycles. The van der Waals surface area contributed by atoms with E-state index in [9.17, 15) is 4.79 Å². The normalized spacial score (nSPS) is 14.7. The highest BCUT2D eigenvalue weighted by molar-refractivity contribution is 5.68. The first kappa shape index (κ1) is 17.0. The van der Waals surface area contributed by atoms with Crippen molar-refractivity contribution in [3.05, 3.63) is 52.6 Å². The Balaban J connectivity index is 1.89. The van der Waals surface area contributed by atoms with Gasteiger partial charge in [-0.15, -0.1) is 0 Å². The summed E-state index contributed by atoms with van der Waals surface area (Å²) in [6, 6.07) is 4.16. The van der Waals surface area contributed by atoms with Crippen molar-refractivity contribution < 1.29 is 14.6 Å². The van der Waals surface area contributed by atoms with Crippen LogP contribution in [0.25, 0.3) is 0 Å². The van der Waals surface area contributed by atoms with Crippen molar-refractivity contribution in [2.75, 3.05) is 6.61 Å². The molecule has 0 spiro atoms. The zero-order chi connectivity index (χ0) is 18.0. The number of ether oxygens (including phenoxy) is 1. The Kier molecular flexibility index (Phi) is 4.45. The SMILES string of the molecule is Cc1cc2c(cc1C#Cc1cnc(CC(=O)O)nc1)C(C)(C)CCO2. The van der Waals surface area contributed by atoms with Gasteiger partial charge in [-0.25, -0.2) is 9.97 Å². The van der Waals surface area contributed by atoms with Crippen LogP contribution in [0, 0.1) is 18.8 Å². The number of hydrogen-bond donors (Lipinski definition) is 1. The van der Waals surface area contributed by atoms with Crippen molar-refractivity contribution in [3.8, 4) is 17.6 Å². The number of benzene rings is 1. The molecule has 1 aromatic heterocycles. The standard InChI is InChI=1S/C20H20N2O3/c1-13-8-17-16(20(2,3)6-7-25-17)9-15(13)5-4-14-11-21-18(22-12-14)10-19(23)24/h8-9,11-12H,6-7,10H2,1-3H3,(H,23,24). The molecule has 3 rings (SSSR count). The molecule has 2 heterocycles. The van der Waals surface area contributed by atoms with Crippen LogP contribution in [-0.4, -0.2) is 27.7 Å². The van der Waals surface area contributed by atoms with E-state index in [0.29, 0.717) is 5.56 Å². The lowest BCUT2D eigenvalue weighted by atomic mass is 9.78. The summed E-state index contributed by atoms with van der Waals surface area (Å²) in [5.74, 6) is 6.50. The average Bonchev–Trinajstić information content (AvgIpc) is 2.54. The number of rotatable bonds is 2. The predicted octanol–water partition coefficient (Wildman–Crippen LogP) is 2.87. The number of fused-ring (bicyclic) bond motifs is 1. The summed E-state index contributed by atoms with van der Waals surface area (Å²) >= 11 is 0. The molecule has 1 aliphatic rings. The molecule has 1 aliphatic heterocycles. The first-order valence-corrected chi connectivity index (χ1v) is 8.18. The fourth-order valence-corrected chi connectivity index (χ4v) is 2.80. The van der Waals surface area contributed by atoms with E-state index < -0.39 is 5.97 Å². The molecule has 5 nitrogen and oxygen atoms in total. The van der Waals surface area contributed by atoms with Crippen molar-refractivity contribution in [2.45, 2.75) is 39.0 Å². The molecule has 0 fully saturated rings. The van der Waals surface area contributed by atoms with Gasteiger partial charge in [-0.05, 0) is 36.5 Å². The summed E-state index contributed by atoms with van der Waals surface area (Å²) in [6.07, 6.45) is 3.90. The smallest absolute Gasteiger partial charge is 0.311 e. The van der Waals surface area contributed by atoms with Crippen LogP contribution >= 0.6 is 0 Å². The Morgan fingerprint density at radius 2 is 2.00 bits per heavy atom. The third-order valence-electron chi connectivity index (χ3n) is 4.40. The summed E-state index contributed by atoms with van der Waals surface area (Å²) in [5.41, 5.74) is 3.92. The zero-order valence-electron chi connectivity index (χ0n) is 14.6. The third kappa shape index (κ3) is 3.80. The molecule has 5 heteroatoms. The van der Waals surface area contributed by atoms with Gasteiger partial charge >= 0.3 is 5.97 Å². The van der Waals surface area contributed by atoms with E-state index in [0.717, 1.165) is 29.9 Å². The second-order valence-electron chi connectivity index (χ2n) is 6.85. The van der Waals surface area contributed by atoms with Gasteiger partial charge in [0.05, 0.1) is 12.2 Å². The maximum Gasteiger partial charge on any atom is 0.311 e. The lowest BCUT2D eigenvalue weighted by Crippen LogP contribution is -2.26. The first-order chi connectivity index (χ1) is 11.8. The summed E-state index contributed by atoms with van der Waals surface area (Å²) < 4.78 is 5.79. The van der Waals surface area contributed by atoms with Gasteiger partial charge in [0.15, 0.2) is 0 Å². The van der Waals surface area contributed by atoms with Crippen molar-refractivity contribution in [1.29, 1.82) is 0 Å². The summed E-state index contributed by atoms with van der Waals surface area (Å²) in [7, 11) is 0. The monoisotopic (exact) mass is 336 g/mol. The number of aromatic nitrogens is 2. The van der Waals surface area contributed by atoms with E-state index in [2.05, 4.69) is 41.7 Å². The minimum atomic E-state index is -0.951. The van der Waals surface area contributed by atoms with E-state index in [4.69, 9.17) is 9.84 Å². The largest absolute Gasteiger partial charge is 0.493 e. The van der Waals surface area contributed by atoms with Gasteiger partial charge in [0, 0.05) is 23.5 Å². The van der Waals surface area contributed by atoms with Crippen molar-refractivity contribution in [1.82, 2.24) is 9.97 Å². The Bertz CT molecular complexity index is 874. The number of aryl methyl sites for hydroxylation is 1. The van der Waals surface area contributed by atoms with E-state index in [-0.39, 0.29) is 17.7 Å². The molecule has 128 valence electrons. The quantitative estimate of drug-likeness (QED) is 0.854. The molecule has 1 N–H and O–H groups in total. The van der Waals surface area contributed by atoms with Gasteiger partial charge in [-0.2, -0.15) is 0 Å². The van der Waals surface area contributed by atoms with Gasteiger partial charge < -0.3 is 9.84 Å². The number of hydrogen-bond acceptors (Lipinski definition) is 4. The van der Waals surface area contributed by atoms with E-state index in [1.165, 1.54) is 5.56 Å². The molecule has 25 heavy (non-hydrogen) atoms. The molecular formula is C20H20N2O3. The maximum absolute atomic E-state index is 10.7. The summed E-state index contributed by atoms with van der Waals surface area (Å²) in [6.45, 7) is 7.19. The van der Waals surface area contributed by atoms with Crippen LogP contribution in [0.5, 0.6) is 5.75 Å². The fourth-order valence-electron chi connectivity index (χ4n) is 2.80. The third-order valence-corrected chi connectivity index (χ3v) is 4.40. The highest BCUT2D eigenvalue weighted by atomic mass is 16.5. The molecule has 2 aromatic rings. The second kappa shape index (κ2) is 6.56. The number of carbonyl (C=O) groups is 1. The molecule has 0 amide bonds. The van der Waals surface area contributed by atoms with Crippen molar-refractivity contribution >= 4 is 5.97 Å². The summed E-state index contributed by atoms with van der Waals surface area (Å²) in [4.78, 5) is 18.7. The minimum absolute atomic E-state index is 0.0688. The van der Waals surface area contributed by atoms with Crippen LogP contribution in [0.4, 0.5) is 0 Å². The van der Waals surface area contributed by atoms with Gasteiger partial charge in [-0.1, -0.05) is 25.7 Å². The van der Waals surface area contributed by atoms with E-state index >= 15 is 0 Å². The molecular weight excluding hydrogens is 316 g/mol. The van der Waals surface area contributed by atoms with Gasteiger partial charge in [0.1, 0.15) is 18.0 Å². The lowest BCUT2D eigenvalue weighted by Gasteiger charge is -2.33. The number of aliphatic carboxylic acids is 1. The highest BCUT2D eigenvalue weighted by Crippen LogP contribution is 2.39. The van der Waals surface area contributed by atoms with E-state index in [1.54, 1.807) is 12.4 Å². The lowest BCUT2D eigenvalue weighted by molar-refractivity contribution is -0.136. The van der Waals surface area contributed by atoms with Crippen LogP contribution in [0.3, 0.4) is 0 Å². The fraction of sp³-hybridized carbons (Fsp3) is 0.350. The molecule has 1 aromatic carbocycles. The number of nitrogens with zero attached hydrogens (tertiary/aromatic N) is 2. The predicted molar refractivity (Wildman–Crippen MR) is 93.7 cm³/mol. The van der Waals surface area contributed by atoms with Crippen LogP contribution in [0.15, 0.2) is 24.5 Å². The van der Waals surface area contributed by atoms with Crippen LogP contribution in [-0.2, 0) is 16.6 Å². The van der Waals surface area contributed by atoms with Crippen LogP contribution in [0.2, 0.25) is 0 Å². The first-order valence-electron chi connectivity index (χ1n) is 8.18. The van der Waals surface area contributed by atoms with Gasteiger partial charge in [0.25, 0.3) is 0 Å². The minimum Gasteiger partial charge on any atom is -0.493 e. The maximum atomic E-state index is 10.7. The Hall–Kier alpha value is -2.87. The van der Waals surface area contributed by atoms with E-state index in [1.807, 2.05) is 13.0 Å². The van der Waals surface area contributed by atoms with Crippen LogP contribution < -0.4 is 4.74 Å². The molecule has 0 radical (unpaired) electrons. The average molecular weight is 336 g/mol. The molecule has 0 unspecified atom stereocenters. The topological polar surface area (TPSA) is 72.3 Å². The van der Waals surface area contributed by atoms with Crippen LogP contribution in [0.1, 0.15) is 48.3 Å². The number of carboxylic acid groups (broad SMARTS) is 1. The van der Waals surface area contributed by atoms with Crippen molar-refractivity contribution in [2.24, 2.45) is 0 Å². The Morgan fingerprint density at radius 3 is 2.68 bits per heavy atom. The Morgan fingerprint density at radius 1 is 1.28 bits per heavy atom. The molecule has 0 saturated carbocycles. The van der Waals surface area contributed by atoms with Crippen molar-refractivity contribution in [3.63, 3.8) is 0 Å². The second-order valence-corrected chi connectivity index (χ2v) is 6.85. The summed E-state index contributed by atoms with van der Waals surface area (Å²) in [5, 5.41) is 8.74.